The summed E-state index contributed by atoms with van der Waals surface area (Å²) in [5.41, 5.74) is 10.3. The van der Waals surface area contributed by atoms with E-state index >= 15 is 0 Å². The van der Waals surface area contributed by atoms with Gasteiger partial charge in [-0.3, -0.25) is 0 Å². The topological polar surface area (TPSA) is 113 Å². The number of anilines is 1. The molecule has 5 aromatic rings. The number of benzene rings is 2. The Kier molecular flexibility index (Phi) is 4.82. The predicted molar refractivity (Wildman–Crippen MR) is 113 cm³/mol. The number of nitrogens with two attached hydrogens (primary N) is 1. The number of nitrogen functional groups attached to an aromatic ring is 1. The highest BCUT2D eigenvalue weighted by atomic mass is 35.5. The summed E-state index contributed by atoms with van der Waals surface area (Å²) in [5.74, 6) is -0.325. The first-order valence-electron chi connectivity index (χ1n) is 9.42. The van der Waals surface area contributed by atoms with Crippen LogP contribution < -0.4 is 5.73 Å². The zero-order chi connectivity index (χ0) is 22.4. The Balaban J connectivity index is 1.37. The Labute approximate surface area is 184 Å². The lowest BCUT2D eigenvalue weighted by Crippen LogP contribution is -2.01. The van der Waals surface area contributed by atoms with Gasteiger partial charge in [0.25, 0.3) is 5.89 Å². The van der Waals surface area contributed by atoms with Crippen molar-refractivity contribution in [1.29, 1.82) is 0 Å². The third kappa shape index (κ3) is 3.56. The maximum absolute atomic E-state index is 12.7. The van der Waals surface area contributed by atoms with Gasteiger partial charge in [0.1, 0.15) is 5.69 Å². The van der Waals surface area contributed by atoms with Crippen molar-refractivity contribution < 1.29 is 13.2 Å². The molecule has 0 aliphatic heterocycles. The van der Waals surface area contributed by atoms with E-state index < -0.39 is 12.3 Å². The lowest BCUT2D eigenvalue weighted by molar-refractivity contribution is 0.116. The normalized spacial score (nSPS) is 11.7. The van der Waals surface area contributed by atoms with Crippen molar-refractivity contribution in [1.82, 2.24) is 34.7 Å². The van der Waals surface area contributed by atoms with Crippen molar-refractivity contribution >= 4 is 28.6 Å². The highest BCUT2D eigenvalue weighted by Gasteiger charge is 2.18. The molecule has 32 heavy (non-hydrogen) atoms. The van der Waals surface area contributed by atoms with Gasteiger partial charge in [-0.15, -0.1) is 15.3 Å². The third-order valence-corrected chi connectivity index (χ3v) is 5.36. The zero-order valence-electron chi connectivity index (χ0n) is 16.6. The molecule has 3 heterocycles. The Bertz CT molecular complexity index is 1440. The minimum Gasteiger partial charge on any atom is -0.415 e. The van der Waals surface area contributed by atoms with Crippen LogP contribution in [0.5, 0.6) is 0 Å². The maximum atomic E-state index is 12.7. The fraction of sp³-hybridized carbons (Fsp3) is 0.150. The first-order chi connectivity index (χ1) is 15.4. The molecule has 162 valence electrons. The lowest BCUT2D eigenvalue weighted by Gasteiger charge is -2.05. The molecule has 0 saturated heterocycles. The van der Waals surface area contributed by atoms with Crippen molar-refractivity contribution in [3.63, 3.8) is 0 Å². The van der Waals surface area contributed by atoms with Crippen molar-refractivity contribution in [2.75, 3.05) is 5.73 Å². The molecular formula is C20H15ClF2N8O. The van der Waals surface area contributed by atoms with Gasteiger partial charge in [-0.1, -0.05) is 28.9 Å². The van der Waals surface area contributed by atoms with E-state index in [1.54, 1.807) is 29.1 Å². The van der Waals surface area contributed by atoms with Crippen molar-refractivity contribution in [3.05, 3.63) is 59.1 Å². The summed E-state index contributed by atoms with van der Waals surface area (Å²) >= 11 is 6.38. The second-order valence-corrected chi connectivity index (χ2v) is 7.49. The molecule has 12 heteroatoms. The fourth-order valence-electron chi connectivity index (χ4n) is 3.31. The monoisotopic (exact) mass is 456 g/mol. The Morgan fingerprint density at radius 3 is 2.66 bits per heavy atom. The van der Waals surface area contributed by atoms with E-state index in [2.05, 4.69) is 25.5 Å². The van der Waals surface area contributed by atoms with E-state index in [0.29, 0.717) is 28.8 Å². The van der Waals surface area contributed by atoms with Crippen LogP contribution >= 0.6 is 11.6 Å². The average molecular weight is 457 g/mol. The number of nitrogens with zero attached hydrogens (tertiary/aromatic N) is 7. The number of rotatable bonds is 5. The first-order valence-corrected chi connectivity index (χ1v) is 9.79. The summed E-state index contributed by atoms with van der Waals surface area (Å²) in [7, 11) is 1.85. The van der Waals surface area contributed by atoms with Crippen LogP contribution in [0.4, 0.5) is 14.7 Å². The number of aromatic nitrogens is 7. The molecule has 0 bridgehead atoms. The first kappa shape index (κ1) is 20.1. The molecule has 3 aromatic heterocycles. The van der Waals surface area contributed by atoms with Crippen LogP contribution in [-0.2, 0) is 13.6 Å². The van der Waals surface area contributed by atoms with E-state index in [0.717, 1.165) is 22.2 Å². The van der Waals surface area contributed by atoms with Crippen LogP contribution in [0.25, 0.3) is 33.7 Å². The van der Waals surface area contributed by atoms with E-state index in [9.17, 15) is 8.78 Å². The number of halogens is 3. The van der Waals surface area contributed by atoms with Crippen LogP contribution in [0.3, 0.4) is 0 Å². The molecular weight excluding hydrogens is 442 g/mol. The van der Waals surface area contributed by atoms with E-state index in [1.165, 1.54) is 0 Å². The lowest BCUT2D eigenvalue weighted by atomic mass is 10.1. The third-order valence-electron chi connectivity index (χ3n) is 5.01. The highest BCUT2D eigenvalue weighted by Crippen LogP contribution is 2.28. The SMILES string of the molecule is Cn1c(N)nc2cc(-c3cn(Cc4ccc(-c5nnc(C(F)F)o5)cc4Cl)nn3)ccc21. The minimum atomic E-state index is -2.83. The van der Waals surface area contributed by atoms with Crippen LogP contribution in [0, 0.1) is 0 Å². The Morgan fingerprint density at radius 2 is 1.91 bits per heavy atom. The van der Waals surface area contributed by atoms with Crippen LogP contribution in [0.2, 0.25) is 5.02 Å². The Morgan fingerprint density at radius 1 is 1.09 bits per heavy atom. The quantitative estimate of drug-likeness (QED) is 0.423. The molecule has 9 nitrogen and oxygen atoms in total. The molecule has 2 N–H and O–H groups in total. The molecule has 0 spiro atoms. The number of aryl methyl sites for hydroxylation is 1. The standard InChI is InChI=1S/C20H15ClF2N8O/c1-30-16-5-4-10(7-14(16)25-20(30)24)15-9-31(29-26-15)8-12-3-2-11(6-13(12)21)18-27-28-19(32-18)17(22)23/h2-7,9,17H,8H2,1H3,(H2,24,25). The van der Waals surface area contributed by atoms with Crippen molar-refractivity contribution in [3.8, 4) is 22.7 Å². The molecule has 0 aliphatic rings. The molecule has 0 amide bonds. The molecule has 0 unspecified atom stereocenters. The van der Waals surface area contributed by atoms with Gasteiger partial charge in [-0.05, 0) is 29.8 Å². The van der Waals surface area contributed by atoms with Gasteiger partial charge in [0, 0.05) is 23.2 Å². The van der Waals surface area contributed by atoms with Crippen molar-refractivity contribution in [2.45, 2.75) is 13.0 Å². The molecule has 0 fully saturated rings. The number of hydrogen-bond donors (Lipinski definition) is 1. The number of fused-ring (bicyclic) bond motifs is 1. The number of hydrogen-bond acceptors (Lipinski definition) is 7. The van der Waals surface area contributed by atoms with Crippen LogP contribution in [-0.4, -0.2) is 34.7 Å². The van der Waals surface area contributed by atoms with E-state index in [-0.39, 0.29) is 5.89 Å². The van der Waals surface area contributed by atoms with Gasteiger partial charge >= 0.3 is 6.43 Å². The van der Waals surface area contributed by atoms with Gasteiger partial charge in [0.15, 0.2) is 0 Å². The van der Waals surface area contributed by atoms with Gasteiger partial charge < -0.3 is 14.7 Å². The summed E-state index contributed by atoms with van der Waals surface area (Å²) < 4.78 is 33.7. The van der Waals surface area contributed by atoms with Crippen LogP contribution in [0.15, 0.2) is 47.0 Å². The van der Waals surface area contributed by atoms with E-state index in [4.69, 9.17) is 21.8 Å². The summed E-state index contributed by atoms with van der Waals surface area (Å²) in [4.78, 5) is 4.34. The second kappa shape index (κ2) is 7.68. The fourth-order valence-corrected chi connectivity index (χ4v) is 3.55. The number of alkyl halides is 2. The molecule has 0 radical (unpaired) electrons. The molecule has 0 saturated carbocycles. The highest BCUT2D eigenvalue weighted by molar-refractivity contribution is 6.31. The summed E-state index contributed by atoms with van der Waals surface area (Å²) in [5, 5.41) is 15.8. The van der Waals surface area contributed by atoms with Gasteiger partial charge in [-0.25, -0.2) is 9.67 Å². The van der Waals surface area contributed by atoms with Gasteiger partial charge in [-0.2, -0.15) is 8.78 Å². The van der Waals surface area contributed by atoms with Gasteiger partial charge in [0.2, 0.25) is 11.8 Å². The minimum absolute atomic E-state index is 0.0256. The summed E-state index contributed by atoms with van der Waals surface area (Å²) in [6.07, 6.45) is -1.03. The summed E-state index contributed by atoms with van der Waals surface area (Å²) in [6.45, 7) is 0.358. The largest absolute Gasteiger partial charge is 0.415 e. The Hall–Kier alpha value is -3.86. The van der Waals surface area contributed by atoms with Crippen molar-refractivity contribution in [2.24, 2.45) is 7.05 Å². The molecule has 2 aromatic carbocycles. The van der Waals surface area contributed by atoms with E-state index in [1.807, 2.05) is 29.8 Å². The second-order valence-electron chi connectivity index (χ2n) is 7.09. The molecule has 0 aliphatic carbocycles. The summed E-state index contributed by atoms with van der Waals surface area (Å²) in [6, 6.07) is 10.8. The van der Waals surface area contributed by atoms with Gasteiger partial charge in [0.05, 0.1) is 23.8 Å². The zero-order valence-corrected chi connectivity index (χ0v) is 17.3. The smallest absolute Gasteiger partial charge is 0.314 e. The predicted octanol–water partition coefficient (Wildman–Crippen LogP) is 4.10. The van der Waals surface area contributed by atoms with Crippen LogP contribution in [0.1, 0.15) is 17.9 Å². The number of imidazole rings is 1. The maximum Gasteiger partial charge on any atom is 0.314 e. The molecule has 5 rings (SSSR count). The average Bonchev–Trinajstić information content (AvgIpc) is 3.50. The molecule has 0 atom stereocenters.